The molecular weight excluding hydrogens is 181 g/mol. The normalized spacial score (nSPS) is 14.2. The Hall–Kier alpha value is -1.03. The van der Waals surface area contributed by atoms with E-state index in [-0.39, 0.29) is 5.56 Å². The minimum atomic E-state index is -4.34. The van der Waals surface area contributed by atoms with Crippen LogP contribution < -0.4 is 0 Å². The van der Waals surface area contributed by atoms with E-state index in [0.29, 0.717) is 0 Å². The first kappa shape index (κ1) is 10.1. The van der Waals surface area contributed by atoms with Crippen molar-refractivity contribution in [1.29, 1.82) is 0 Å². The topological polar surface area (TPSA) is 20.2 Å². The highest BCUT2D eigenvalue weighted by molar-refractivity contribution is 5.26. The van der Waals surface area contributed by atoms with Gasteiger partial charge >= 0.3 is 6.18 Å². The SMILES string of the molecule is C[C@H](O)c1cccc(C(F)(F)F)c1. The highest BCUT2D eigenvalue weighted by Crippen LogP contribution is 2.30. The first-order valence-corrected chi connectivity index (χ1v) is 3.76. The van der Waals surface area contributed by atoms with E-state index in [4.69, 9.17) is 5.11 Å². The van der Waals surface area contributed by atoms with Crippen LogP contribution in [-0.4, -0.2) is 5.11 Å². The van der Waals surface area contributed by atoms with Crippen molar-refractivity contribution in [3.8, 4) is 0 Å². The molecule has 0 saturated carbocycles. The summed E-state index contributed by atoms with van der Waals surface area (Å²) in [4.78, 5) is 0. The molecule has 0 unspecified atom stereocenters. The summed E-state index contributed by atoms with van der Waals surface area (Å²) < 4.78 is 36.4. The fourth-order valence-corrected chi connectivity index (χ4v) is 0.975. The van der Waals surface area contributed by atoms with Crippen molar-refractivity contribution in [2.75, 3.05) is 0 Å². The van der Waals surface area contributed by atoms with Gasteiger partial charge in [0.1, 0.15) is 0 Å². The summed E-state index contributed by atoms with van der Waals surface area (Å²) in [6.45, 7) is 1.43. The molecule has 1 aromatic rings. The van der Waals surface area contributed by atoms with Crippen LogP contribution in [-0.2, 0) is 6.18 Å². The number of alkyl halides is 3. The Kier molecular flexibility index (Phi) is 2.61. The molecule has 0 aliphatic rings. The molecule has 1 atom stereocenters. The second-order valence-corrected chi connectivity index (χ2v) is 2.80. The first-order valence-electron chi connectivity index (χ1n) is 3.76. The zero-order chi connectivity index (χ0) is 10.1. The highest BCUT2D eigenvalue weighted by Gasteiger charge is 2.30. The number of aliphatic hydroxyl groups excluding tert-OH is 1. The van der Waals surface area contributed by atoms with Crippen LogP contribution in [0.4, 0.5) is 13.2 Å². The van der Waals surface area contributed by atoms with Gasteiger partial charge in [-0.1, -0.05) is 12.1 Å². The summed E-state index contributed by atoms with van der Waals surface area (Å²) in [6, 6.07) is 4.67. The lowest BCUT2D eigenvalue weighted by Gasteiger charge is -2.09. The standard InChI is InChI=1S/C9H9F3O/c1-6(13)7-3-2-4-8(5-7)9(10,11)12/h2-6,13H,1H3/t6-/m0/s1. The van der Waals surface area contributed by atoms with Gasteiger partial charge in [-0.2, -0.15) is 13.2 Å². The van der Waals surface area contributed by atoms with E-state index in [0.717, 1.165) is 12.1 Å². The highest BCUT2D eigenvalue weighted by atomic mass is 19.4. The molecule has 1 rings (SSSR count). The van der Waals surface area contributed by atoms with Crippen LogP contribution in [0.15, 0.2) is 24.3 Å². The number of hydrogen-bond donors (Lipinski definition) is 1. The molecule has 0 saturated heterocycles. The van der Waals surface area contributed by atoms with Gasteiger partial charge in [-0.05, 0) is 24.6 Å². The van der Waals surface area contributed by atoms with Crippen molar-refractivity contribution < 1.29 is 18.3 Å². The lowest BCUT2D eigenvalue weighted by Crippen LogP contribution is -2.05. The summed E-state index contributed by atoms with van der Waals surface area (Å²) >= 11 is 0. The van der Waals surface area contributed by atoms with Crippen molar-refractivity contribution in [3.63, 3.8) is 0 Å². The molecule has 0 spiro atoms. The Bertz CT molecular complexity index is 291. The van der Waals surface area contributed by atoms with E-state index < -0.39 is 17.8 Å². The third-order valence-electron chi connectivity index (χ3n) is 1.70. The second kappa shape index (κ2) is 3.38. The minimum Gasteiger partial charge on any atom is -0.389 e. The molecule has 4 heteroatoms. The van der Waals surface area contributed by atoms with Crippen LogP contribution in [0.5, 0.6) is 0 Å². The Balaban J connectivity index is 3.06. The Morgan fingerprint density at radius 1 is 1.31 bits per heavy atom. The van der Waals surface area contributed by atoms with Gasteiger partial charge < -0.3 is 5.11 Å². The molecule has 0 fully saturated rings. The van der Waals surface area contributed by atoms with E-state index in [1.54, 1.807) is 0 Å². The molecule has 72 valence electrons. The molecule has 0 radical (unpaired) electrons. The van der Waals surface area contributed by atoms with Gasteiger partial charge in [0.25, 0.3) is 0 Å². The Labute approximate surface area is 73.8 Å². The number of hydrogen-bond acceptors (Lipinski definition) is 1. The minimum absolute atomic E-state index is 0.273. The summed E-state index contributed by atoms with van der Waals surface area (Å²) in [5.41, 5.74) is -0.458. The molecule has 13 heavy (non-hydrogen) atoms. The molecule has 1 N–H and O–H groups in total. The van der Waals surface area contributed by atoms with Gasteiger partial charge in [-0.25, -0.2) is 0 Å². The van der Waals surface area contributed by atoms with Crippen LogP contribution in [0.25, 0.3) is 0 Å². The molecule has 0 amide bonds. The summed E-state index contributed by atoms with van der Waals surface area (Å²) in [5.74, 6) is 0. The molecule has 1 aromatic carbocycles. The van der Waals surface area contributed by atoms with Crippen LogP contribution in [0.1, 0.15) is 24.2 Å². The molecule has 0 heterocycles. The smallest absolute Gasteiger partial charge is 0.389 e. The maximum atomic E-state index is 12.1. The maximum Gasteiger partial charge on any atom is 0.416 e. The van der Waals surface area contributed by atoms with Crippen molar-refractivity contribution >= 4 is 0 Å². The summed E-state index contributed by atoms with van der Waals surface area (Å²) in [5, 5.41) is 9.05. The van der Waals surface area contributed by atoms with Gasteiger partial charge in [0, 0.05) is 0 Å². The molecule has 0 aliphatic heterocycles. The van der Waals surface area contributed by atoms with Crippen LogP contribution in [0.2, 0.25) is 0 Å². The molecular formula is C9H9F3O. The van der Waals surface area contributed by atoms with E-state index in [1.165, 1.54) is 19.1 Å². The number of benzene rings is 1. The van der Waals surface area contributed by atoms with Gasteiger partial charge in [0.05, 0.1) is 11.7 Å². The number of halogens is 3. The molecule has 0 bridgehead atoms. The van der Waals surface area contributed by atoms with E-state index >= 15 is 0 Å². The molecule has 1 nitrogen and oxygen atoms in total. The predicted molar refractivity (Wildman–Crippen MR) is 42.1 cm³/mol. The van der Waals surface area contributed by atoms with Crippen molar-refractivity contribution in [2.45, 2.75) is 19.2 Å². The predicted octanol–water partition coefficient (Wildman–Crippen LogP) is 2.76. The Morgan fingerprint density at radius 3 is 2.38 bits per heavy atom. The van der Waals surface area contributed by atoms with Crippen LogP contribution in [0.3, 0.4) is 0 Å². The zero-order valence-corrected chi connectivity index (χ0v) is 6.97. The van der Waals surface area contributed by atoms with Crippen molar-refractivity contribution in [3.05, 3.63) is 35.4 Å². The van der Waals surface area contributed by atoms with Crippen LogP contribution in [0, 0.1) is 0 Å². The zero-order valence-electron chi connectivity index (χ0n) is 6.97. The quantitative estimate of drug-likeness (QED) is 0.721. The summed E-state index contributed by atoms with van der Waals surface area (Å²) in [7, 11) is 0. The largest absolute Gasteiger partial charge is 0.416 e. The van der Waals surface area contributed by atoms with Crippen molar-refractivity contribution in [1.82, 2.24) is 0 Å². The van der Waals surface area contributed by atoms with Crippen LogP contribution >= 0.6 is 0 Å². The van der Waals surface area contributed by atoms with Crippen molar-refractivity contribution in [2.24, 2.45) is 0 Å². The Morgan fingerprint density at radius 2 is 1.92 bits per heavy atom. The lowest BCUT2D eigenvalue weighted by atomic mass is 10.1. The van der Waals surface area contributed by atoms with Gasteiger partial charge in [-0.3, -0.25) is 0 Å². The van der Waals surface area contributed by atoms with E-state index in [1.807, 2.05) is 0 Å². The number of aliphatic hydroxyl groups is 1. The first-order chi connectivity index (χ1) is 5.91. The van der Waals surface area contributed by atoms with Gasteiger partial charge in [0.15, 0.2) is 0 Å². The average molecular weight is 190 g/mol. The summed E-state index contributed by atoms with van der Waals surface area (Å²) in [6.07, 6.45) is -5.22. The monoisotopic (exact) mass is 190 g/mol. The van der Waals surface area contributed by atoms with Gasteiger partial charge in [-0.15, -0.1) is 0 Å². The fourth-order valence-electron chi connectivity index (χ4n) is 0.975. The molecule has 0 aromatic heterocycles. The average Bonchev–Trinajstić information content (AvgIpc) is 2.03. The van der Waals surface area contributed by atoms with E-state index in [9.17, 15) is 13.2 Å². The maximum absolute atomic E-state index is 12.1. The fraction of sp³-hybridized carbons (Fsp3) is 0.333. The molecule has 0 aliphatic carbocycles. The number of rotatable bonds is 1. The van der Waals surface area contributed by atoms with E-state index in [2.05, 4.69) is 0 Å². The third-order valence-corrected chi connectivity index (χ3v) is 1.70. The van der Waals surface area contributed by atoms with Gasteiger partial charge in [0.2, 0.25) is 0 Å². The third kappa shape index (κ3) is 2.45. The second-order valence-electron chi connectivity index (χ2n) is 2.80. The lowest BCUT2D eigenvalue weighted by molar-refractivity contribution is -0.137.